The van der Waals surface area contributed by atoms with E-state index in [1.165, 1.54) is 0 Å². The number of aryl methyl sites for hydroxylation is 1. The van der Waals surface area contributed by atoms with Crippen LogP contribution in [0.15, 0.2) is 59.6 Å². The van der Waals surface area contributed by atoms with Gasteiger partial charge in [-0.2, -0.15) is 0 Å². The Morgan fingerprint density at radius 3 is 2.72 bits per heavy atom. The molecule has 7 nitrogen and oxygen atoms in total. The van der Waals surface area contributed by atoms with E-state index in [2.05, 4.69) is 64.6 Å². The second-order valence-electron chi connectivity index (χ2n) is 9.74. The highest BCUT2D eigenvalue weighted by Crippen LogP contribution is 2.27. The molecule has 36 heavy (non-hydrogen) atoms. The van der Waals surface area contributed by atoms with Crippen LogP contribution in [0.3, 0.4) is 0 Å². The van der Waals surface area contributed by atoms with Crippen molar-refractivity contribution in [1.82, 2.24) is 19.4 Å². The predicted octanol–water partition coefficient (Wildman–Crippen LogP) is 5.48. The summed E-state index contributed by atoms with van der Waals surface area (Å²) in [5.74, 6) is 1.02. The Kier molecular flexibility index (Phi) is 8.21. The number of rotatable bonds is 9. The summed E-state index contributed by atoms with van der Waals surface area (Å²) in [5, 5.41) is 14.2. The second-order valence-corrected chi connectivity index (χ2v) is 9.74. The fourth-order valence-electron chi connectivity index (χ4n) is 4.52. The first kappa shape index (κ1) is 25.6. The molecule has 0 radical (unpaired) electrons. The molecule has 0 saturated carbocycles. The van der Waals surface area contributed by atoms with Crippen molar-refractivity contribution < 1.29 is 5.11 Å². The van der Waals surface area contributed by atoms with E-state index in [0.29, 0.717) is 24.8 Å². The maximum atomic E-state index is 10.5. The number of hydrogen-bond donors (Lipinski definition) is 2. The van der Waals surface area contributed by atoms with Crippen molar-refractivity contribution in [3.8, 4) is 5.75 Å². The molecule has 2 aromatic heterocycles. The van der Waals surface area contributed by atoms with Crippen molar-refractivity contribution >= 4 is 22.7 Å². The molecule has 3 aromatic rings. The van der Waals surface area contributed by atoms with Crippen molar-refractivity contribution in [3.63, 3.8) is 0 Å². The van der Waals surface area contributed by atoms with Gasteiger partial charge in [0, 0.05) is 17.4 Å². The molecule has 7 heteroatoms. The van der Waals surface area contributed by atoms with Gasteiger partial charge in [0.05, 0.1) is 24.1 Å². The Hall–Kier alpha value is -3.45. The number of hydrogen-bond acceptors (Lipinski definition) is 6. The average Bonchev–Trinajstić information content (AvgIpc) is 3.21. The number of benzene rings is 1. The zero-order valence-electron chi connectivity index (χ0n) is 22.0. The van der Waals surface area contributed by atoms with E-state index < -0.39 is 0 Å². The maximum Gasteiger partial charge on any atom is 0.204 e. The van der Waals surface area contributed by atoms with Gasteiger partial charge in [-0.05, 0) is 94.7 Å². The monoisotopic (exact) mass is 486 g/mol. The number of anilines is 1. The topological polar surface area (TPSA) is 78.6 Å². The lowest BCUT2D eigenvalue weighted by Crippen LogP contribution is -2.37. The highest BCUT2D eigenvalue weighted by Gasteiger charge is 2.21. The molecule has 4 rings (SSSR count). The van der Waals surface area contributed by atoms with Crippen molar-refractivity contribution in [1.29, 1.82) is 0 Å². The molecule has 1 aliphatic rings. The first-order valence-electron chi connectivity index (χ1n) is 12.8. The van der Waals surface area contributed by atoms with Crippen LogP contribution in [-0.4, -0.2) is 56.4 Å². The van der Waals surface area contributed by atoms with Crippen LogP contribution in [0.5, 0.6) is 5.75 Å². The molecule has 2 N–H and O–H groups in total. The van der Waals surface area contributed by atoms with Gasteiger partial charge in [0.1, 0.15) is 11.4 Å². The summed E-state index contributed by atoms with van der Waals surface area (Å²) < 4.78 is 2.14. The summed E-state index contributed by atoms with van der Waals surface area (Å²) in [6.07, 6.45) is 6.96. The van der Waals surface area contributed by atoms with Crippen molar-refractivity contribution in [2.24, 2.45) is 4.99 Å². The molecule has 0 unspecified atom stereocenters. The molecule has 0 amide bonds. The lowest BCUT2D eigenvalue weighted by Gasteiger charge is -2.29. The number of allylic oxidation sites excluding steroid dienone is 3. The summed E-state index contributed by atoms with van der Waals surface area (Å²) in [7, 11) is 2.17. The third kappa shape index (κ3) is 6.21. The van der Waals surface area contributed by atoms with Crippen molar-refractivity contribution in [2.45, 2.75) is 59.2 Å². The fraction of sp³-hybridized carbons (Fsp3) is 0.414. The van der Waals surface area contributed by atoms with Crippen LogP contribution in [-0.2, 0) is 13.1 Å². The first-order valence-corrected chi connectivity index (χ1v) is 12.8. The van der Waals surface area contributed by atoms with Gasteiger partial charge in [0.25, 0.3) is 0 Å². The minimum Gasteiger partial charge on any atom is -0.506 e. The third-order valence-corrected chi connectivity index (χ3v) is 6.80. The van der Waals surface area contributed by atoms with Crippen molar-refractivity contribution in [2.75, 3.05) is 25.5 Å². The van der Waals surface area contributed by atoms with E-state index in [1.807, 2.05) is 26.0 Å². The molecule has 0 spiro atoms. The Balaban J connectivity index is 1.70. The van der Waals surface area contributed by atoms with Crippen LogP contribution in [0.25, 0.3) is 11.0 Å². The number of fused-ring (bicyclic) bond motifs is 1. The van der Waals surface area contributed by atoms with Crippen LogP contribution in [0.4, 0.5) is 5.95 Å². The minimum atomic E-state index is 0.199. The molecule has 1 aromatic carbocycles. The van der Waals surface area contributed by atoms with Gasteiger partial charge < -0.3 is 19.9 Å². The zero-order valence-corrected chi connectivity index (χ0v) is 22.0. The maximum absolute atomic E-state index is 10.5. The first-order chi connectivity index (χ1) is 17.4. The molecule has 1 fully saturated rings. The van der Waals surface area contributed by atoms with Crippen LogP contribution in [0.2, 0.25) is 0 Å². The number of nitrogens with zero attached hydrogens (tertiary/aromatic N) is 5. The number of pyridine rings is 1. The third-order valence-electron chi connectivity index (χ3n) is 6.80. The molecular weight excluding hydrogens is 448 g/mol. The highest BCUT2D eigenvalue weighted by atomic mass is 16.3. The number of aromatic nitrogens is 3. The van der Waals surface area contributed by atoms with E-state index in [0.717, 1.165) is 71.9 Å². The normalized spacial score (nSPS) is 16.0. The number of piperidine rings is 1. The van der Waals surface area contributed by atoms with Crippen LogP contribution < -0.4 is 5.32 Å². The Morgan fingerprint density at radius 1 is 1.22 bits per heavy atom. The van der Waals surface area contributed by atoms with Gasteiger partial charge in [-0.1, -0.05) is 25.6 Å². The van der Waals surface area contributed by atoms with Gasteiger partial charge in [-0.3, -0.25) is 9.98 Å². The van der Waals surface area contributed by atoms with Crippen LogP contribution in [0, 0.1) is 6.92 Å². The smallest absolute Gasteiger partial charge is 0.204 e. The lowest BCUT2D eigenvalue weighted by atomic mass is 10.1. The second kappa shape index (κ2) is 11.5. The molecule has 1 saturated heterocycles. The quantitative estimate of drug-likeness (QED) is 0.309. The summed E-state index contributed by atoms with van der Waals surface area (Å²) in [6, 6.07) is 10.2. The Morgan fingerprint density at radius 2 is 2.00 bits per heavy atom. The standard InChI is InChI=1S/C29H38N6O/c1-6-20(3)16-23(7-2)30-18-22-9-10-25-27(17-22)35(19-26-28(36)11-8-21(4)31-26)29(33-25)32-24-12-14-34(5)15-13-24/h6,8-11,16-17,24,36H,1,7,12-15,18-19H2,2-5H3,(H,32,33). The van der Waals surface area contributed by atoms with Crippen LogP contribution in [0.1, 0.15) is 50.1 Å². The fourth-order valence-corrected chi connectivity index (χ4v) is 4.52. The molecule has 0 aliphatic carbocycles. The number of likely N-dealkylation sites (tertiary alicyclic amines) is 1. The van der Waals surface area contributed by atoms with Gasteiger partial charge in [0.2, 0.25) is 5.95 Å². The van der Waals surface area contributed by atoms with Crippen LogP contribution >= 0.6 is 0 Å². The van der Waals surface area contributed by atoms with E-state index in [4.69, 9.17) is 9.98 Å². The van der Waals surface area contributed by atoms with Gasteiger partial charge in [-0.25, -0.2) is 4.98 Å². The molecule has 190 valence electrons. The Labute approximate surface area is 214 Å². The van der Waals surface area contributed by atoms with Gasteiger partial charge >= 0.3 is 0 Å². The lowest BCUT2D eigenvalue weighted by molar-refractivity contribution is 0.263. The largest absolute Gasteiger partial charge is 0.506 e. The molecule has 1 aliphatic heterocycles. The summed E-state index contributed by atoms with van der Waals surface area (Å²) in [4.78, 5) is 16.8. The minimum absolute atomic E-state index is 0.199. The molecule has 0 bridgehead atoms. The SMILES string of the molecule is C=CC(C)=CC(CC)=NCc1ccc2nc(NC3CCN(C)CC3)n(Cc3nc(C)ccc3O)c2c1. The molecular formula is C29H38N6O. The number of nitrogens with one attached hydrogen (secondary N) is 1. The number of imidazole rings is 1. The molecule has 3 heterocycles. The summed E-state index contributed by atoms with van der Waals surface area (Å²) in [6.45, 7) is 13.1. The number of aromatic hydroxyl groups is 1. The van der Waals surface area contributed by atoms with E-state index in [-0.39, 0.29) is 5.75 Å². The highest BCUT2D eigenvalue weighted by molar-refractivity contribution is 5.95. The Bertz CT molecular complexity index is 1280. The molecule has 0 atom stereocenters. The average molecular weight is 487 g/mol. The van der Waals surface area contributed by atoms with E-state index >= 15 is 0 Å². The van der Waals surface area contributed by atoms with Gasteiger partial charge in [-0.15, -0.1) is 0 Å². The van der Waals surface area contributed by atoms with E-state index in [1.54, 1.807) is 6.07 Å². The van der Waals surface area contributed by atoms with Crippen molar-refractivity contribution in [3.05, 3.63) is 71.6 Å². The zero-order chi connectivity index (χ0) is 25.7. The van der Waals surface area contributed by atoms with Gasteiger partial charge in [0.15, 0.2) is 0 Å². The summed E-state index contributed by atoms with van der Waals surface area (Å²) in [5.41, 5.74) is 6.73. The number of aliphatic imine (C=N–C) groups is 1. The summed E-state index contributed by atoms with van der Waals surface area (Å²) >= 11 is 0. The van der Waals surface area contributed by atoms with E-state index in [9.17, 15) is 5.11 Å². The predicted molar refractivity (Wildman–Crippen MR) is 149 cm³/mol.